The van der Waals surface area contributed by atoms with Crippen molar-refractivity contribution in [2.45, 2.75) is 264 Å². The quantitative estimate of drug-likeness (QED) is 0.0383. The maximum atomic E-state index is 12.2. The van der Waals surface area contributed by atoms with Crippen LogP contribution in [0.5, 0.6) is 0 Å². The summed E-state index contributed by atoms with van der Waals surface area (Å²) in [4.78, 5) is 24.3. The lowest BCUT2D eigenvalue weighted by Crippen LogP contribution is -2.28. The number of carbonyl (C=O) groups excluding carboxylic acids is 2. The van der Waals surface area contributed by atoms with E-state index in [4.69, 9.17) is 9.47 Å². The van der Waals surface area contributed by atoms with E-state index in [1.807, 2.05) is 0 Å². The average molecular weight is 735 g/mol. The van der Waals surface area contributed by atoms with E-state index in [1.54, 1.807) is 0 Å². The Morgan fingerprint density at radius 3 is 1.04 bits per heavy atom. The zero-order valence-electron chi connectivity index (χ0n) is 35.1. The van der Waals surface area contributed by atoms with Crippen molar-refractivity contribution in [2.75, 3.05) is 13.2 Å². The first-order valence-corrected chi connectivity index (χ1v) is 23.2. The number of carbonyl (C=O) groups is 2. The van der Waals surface area contributed by atoms with Crippen LogP contribution in [-0.4, -0.2) is 36.4 Å². The second-order valence-electron chi connectivity index (χ2n) is 15.8. The highest BCUT2D eigenvalue weighted by Gasteiger charge is 2.16. The SMILES string of the molecule is CCCCCCCCCC/C=C\CCCCCCCCCCCCCC(=O)OC(CO)COC(=O)CCCCCCCCCCCCCCCCC. The smallest absolute Gasteiger partial charge is 0.306 e. The predicted octanol–water partition coefficient (Wildman–Crippen LogP) is 14.9. The number of unbranched alkanes of at least 4 members (excludes halogenated alkanes) is 33. The monoisotopic (exact) mass is 735 g/mol. The van der Waals surface area contributed by atoms with Gasteiger partial charge in [-0.1, -0.05) is 219 Å². The van der Waals surface area contributed by atoms with E-state index < -0.39 is 6.10 Å². The Morgan fingerprint density at radius 1 is 0.423 bits per heavy atom. The fraction of sp³-hybridized carbons (Fsp3) is 0.915. The third kappa shape index (κ3) is 41.4. The number of rotatable bonds is 43. The molecule has 0 aliphatic heterocycles. The predicted molar refractivity (Wildman–Crippen MR) is 224 cm³/mol. The summed E-state index contributed by atoms with van der Waals surface area (Å²) >= 11 is 0. The van der Waals surface area contributed by atoms with Gasteiger partial charge in [-0.15, -0.1) is 0 Å². The van der Waals surface area contributed by atoms with E-state index in [0.29, 0.717) is 12.8 Å². The standard InChI is InChI=1S/C47H90O5/c1-3-5-7-9-11-13-15-17-19-20-21-22-23-24-25-26-28-30-32-34-36-38-40-42-47(50)52-45(43-48)44-51-46(49)41-39-37-35-33-31-29-27-18-16-14-12-10-8-6-4-2/h20-21,45,48H,3-19,22-44H2,1-2H3/b21-20-. The first kappa shape index (κ1) is 50.6. The first-order chi connectivity index (χ1) is 25.6. The zero-order valence-corrected chi connectivity index (χ0v) is 35.1. The molecule has 308 valence electrons. The zero-order chi connectivity index (χ0) is 37.8. The molecule has 0 spiro atoms. The number of hydrogen-bond acceptors (Lipinski definition) is 5. The molecule has 5 heteroatoms. The van der Waals surface area contributed by atoms with E-state index in [2.05, 4.69) is 26.0 Å². The molecule has 0 rings (SSSR count). The molecule has 0 fully saturated rings. The molecule has 5 nitrogen and oxygen atoms in total. The van der Waals surface area contributed by atoms with Crippen molar-refractivity contribution in [2.24, 2.45) is 0 Å². The first-order valence-electron chi connectivity index (χ1n) is 23.2. The van der Waals surface area contributed by atoms with Gasteiger partial charge in [0.1, 0.15) is 6.61 Å². The van der Waals surface area contributed by atoms with Gasteiger partial charge in [-0.25, -0.2) is 0 Å². The average Bonchev–Trinajstić information content (AvgIpc) is 3.15. The molecule has 0 saturated carbocycles. The number of ether oxygens (including phenoxy) is 2. The molecule has 0 saturated heterocycles. The summed E-state index contributed by atoms with van der Waals surface area (Å²) in [6, 6.07) is 0. The summed E-state index contributed by atoms with van der Waals surface area (Å²) in [6.45, 7) is 4.17. The van der Waals surface area contributed by atoms with Crippen LogP contribution in [0.3, 0.4) is 0 Å². The summed E-state index contributed by atoms with van der Waals surface area (Å²) in [5.41, 5.74) is 0. The molecule has 0 amide bonds. The highest BCUT2D eigenvalue weighted by molar-refractivity contribution is 5.70. The molecule has 0 heterocycles. The molecule has 0 bridgehead atoms. The van der Waals surface area contributed by atoms with Crippen molar-refractivity contribution in [3.63, 3.8) is 0 Å². The Morgan fingerprint density at radius 2 is 0.712 bits per heavy atom. The topological polar surface area (TPSA) is 72.8 Å². The van der Waals surface area contributed by atoms with Gasteiger partial charge in [-0.3, -0.25) is 9.59 Å². The van der Waals surface area contributed by atoms with E-state index in [1.165, 1.54) is 199 Å². The van der Waals surface area contributed by atoms with E-state index >= 15 is 0 Å². The molecule has 0 aliphatic rings. The minimum Gasteiger partial charge on any atom is -0.462 e. The molecule has 0 aromatic carbocycles. The lowest BCUT2D eigenvalue weighted by Gasteiger charge is -2.15. The normalized spacial score (nSPS) is 12.1. The van der Waals surface area contributed by atoms with Gasteiger partial charge in [0.15, 0.2) is 6.10 Å². The van der Waals surface area contributed by atoms with Gasteiger partial charge in [-0.2, -0.15) is 0 Å². The summed E-state index contributed by atoms with van der Waals surface area (Å²) in [5.74, 6) is -0.576. The number of aliphatic hydroxyl groups excluding tert-OH is 1. The van der Waals surface area contributed by atoms with Gasteiger partial charge in [0.25, 0.3) is 0 Å². The molecule has 0 aromatic heterocycles. The Kier molecular flexibility index (Phi) is 42.9. The molecule has 1 atom stereocenters. The van der Waals surface area contributed by atoms with E-state index in [0.717, 1.165) is 32.1 Å². The largest absolute Gasteiger partial charge is 0.462 e. The highest BCUT2D eigenvalue weighted by atomic mass is 16.6. The van der Waals surface area contributed by atoms with Gasteiger partial charge in [0.05, 0.1) is 6.61 Å². The lowest BCUT2D eigenvalue weighted by molar-refractivity contribution is -0.161. The Labute approximate surface area is 324 Å². The van der Waals surface area contributed by atoms with Crippen molar-refractivity contribution in [3.8, 4) is 0 Å². The van der Waals surface area contributed by atoms with Crippen LogP contribution in [-0.2, 0) is 19.1 Å². The highest BCUT2D eigenvalue weighted by Crippen LogP contribution is 2.16. The van der Waals surface area contributed by atoms with Gasteiger partial charge in [-0.05, 0) is 38.5 Å². The van der Waals surface area contributed by atoms with Crippen molar-refractivity contribution in [1.29, 1.82) is 0 Å². The van der Waals surface area contributed by atoms with Gasteiger partial charge in [0.2, 0.25) is 0 Å². The summed E-state index contributed by atoms with van der Waals surface area (Å²) in [6.07, 6.45) is 51.5. The fourth-order valence-corrected chi connectivity index (χ4v) is 7.02. The fourth-order valence-electron chi connectivity index (χ4n) is 7.02. The van der Waals surface area contributed by atoms with E-state index in [9.17, 15) is 14.7 Å². The maximum Gasteiger partial charge on any atom is 0.306 e. The van der Waals surface area contributed by atoms with Crippen LogP contribution >= 0.6 is 0 Å². The van der Waals surface area contributed by atoms with Crippen LogP contribution in [0, 0.1) is 0 Å². The lowest BCUT2D eigenvalue weighted by atomic mass is 10.0. The number of esters is 2. The molecule has 1 N–H and O–H groups in total. The summed E-state index contributed by atoms with van der Waals surface area (Å²) < 4.78 is 10.7. The van der Waals surface area contributed by atoms with Gasteiger partial charge < -0.3 is 14.6 Å². The van der Waals surface area contributed by atoms with E-state index in [-0.39, 0.29) is 25.2 Å². The molecule has 1 unspecified atom stereocenters. The molecule has 0 aliphatic carbocycles. The third-order valence-electron chi connectivity index (χ3n) is 10.6. The Balaban J connectivity index is 3.46. The van der Waals surface area contributed by atoms with Gasteiger partial charge in [0, 0.05) is 12.8 Å². The Hall–Kier alpha value is -1.36. The van der Waals surface area contributed by atoms with Crippen molar-refractivity contribution in [3.05, 3.63) is 12.2 Å². The molecular weight excluding hydrogens is 645 g/mol. The van der Waals surface area contributed by atoms with Crippen molar-refractivity contribution >= 4 is 11.9 Å². The molecule has 0 radical (unpaired) electrons. The Bertz CT molecular complexity index is 750. The van der Waals surface area contributed by atoms with Crippen LogP contribution in [0.4, 0.5) is 0 Å². The van der Waals surface area contributed by atoms with Crippen LogP contribution < -0.4 is 0 Å². The number of hydrogen-bond donors (Lipinski definition) is 1. The van der Waals surface area contributed by atoms with Crippen molar-refractivity contribution < 1.29 is 24.2 Å². The maximum absolute atomic E-state index is 12.2. The van der Waals surface area contributed by atoms with Crippen molar-refractivity contribution in [1.82, 2.24) is 0 Å². The molecule has 52 heavy (non-hydrogen) atoms. The van der Waals surface area contributed by atoms with Crippen LogP contribution in [0.1, 0.15) is 258 Å². The minimum absolute atomic E-state index is 0.0593. The number of aliphatic hydroxyl groups is 1. The molecule has 0 aromatic rings. The summed E-state index contributed by atoms with van der Waals surface area (Å²) in [5, 5.41) is 9.59. The summed E-state index contributed by atoms with van der Waals surface area (Å²) in [7, 11) is 0. The second kappa shape index (κ2) is 44.0. The number of allylic oxidation sites excluding steroid dienone is 2. The second-order valence-corrected chi connectivity index (χ2v) is 15.8. The van der Waals surface area contributed by atoms with Crippen LogP contribution in [0.25, 0.3) is 0 Å². The van der Waals surface area contributed by atoms with Gasteiger partial charge >= 0.3 is 11.9 Å². The van der Waals surface area contributed by atoms with Crippen LogP contribution in [0.2, 0.25) is 0 Å². The minimum atomic E-state index is -0.765. The van der Waals surface area contributed by atoms with Crippen LogP contribution in [0.15, 0.2) is 12.2 Å². The third-order valence-corrected chi connectivity index (χ3v) is 10.6. The molecular formula is C47H90O5.